The molecule has 3 N–H and O–H groups in total. The first-order valence-corrected chi connectivity index (χ1v) is 5.48. The van der Waals surface area contributed by atoms with E-state index in [4.69, 9.17) is 15.2 Å². The van der Waals surface area contributed by atoms with Gasteiger partial charge in [-0.2, -0.15) is 0 Å². The number of anilines is 2. The quantitative estimate of drug-likeness (QED) is 0.615. The Morgan fingerprint density at radius 1 is 1.44 bits per heavy atom. The molecule has 1 amide bonds. The highest BCUT2D eigenvalue weighted by atomic mass is 35.5. The van der Waals surface area contributed by atoms with Crippen LogP contribution in [0.5, 0.6) is 5.75 Å². The number of nitrogens with one attached hydrogen (secondary N) is 1. The van der Waals surface area contributed by atoms with Crippen molar-refractivity contribution in [3.05, 3.63) is 18.2 Å². The van der Waals surface area contributed by atoms with Crippen LogP contribution < -0.4 is 15.8 Å². The molecule has 0 radical (unpaired) electrons. The maximum atomic E-state index is 11.6. The number of ether oxygens (including phenoxy) is 2. The molecule has 18 heavy (non-hydrogen) atoms. The van der Waals surface area contributed by atoms with Crippen molar-refractivity contribution in [3.63, 3.8) is 0 Å². The summed E-state index contributed by atoms with van der Waals surface area (Å²) in [4.78, 5) is 11.6. The van der Waals surface area contributed by atoms with E-state index < -0.39 is 0 Å². The smallest absolute Gasteiger partial charge is 0.226 e. The highest BCUT2D eigenvalue weighted by Crippen LogP contribution is 2.24. The largest absolute Gasteiger partial charge is 0.497 e. The molecule has 1 rings (SSSR count). The van der Waals surface area contributed by atoms with Crippen molar-refractivity contribution < 1.29 is 14.3 Å². The number of carbonyl (C=O) groups is 1. The van der Waals surface area contributed by atoms with Gasteiger partial charge in [-0.25, -0.2) is 0 Å². The third-order valence-corrected chi connectivity index (χ3v) is 2.21. The van der Waals surface area contributed by atoms with Gasteiger partial charge >= 0.3 is 0 Å². The summed E-state index contributed by atoms with van der Waals surface area (Å²) >= 11 is 0. The highest BCUT2D eigenvalue weighted by Gasteiger charge is 2.06. The van der Waals surface area contributed by atoms with E-state index in [1.807, 2.05) is 6.92 Å². The Kier molecular flexibility index (Phi) is 7.91. The Balaban J connectivity index is 0.00000289. The van der Waals surface area contributed by atoms with Crippen LogP contribution in [0, 0.1) is 0 Å². The number of methoxy groups -OCH3 is 1. The molecule has 5 nitrogen and oxygen atoms in total. The lowest BCUT2D eigenvalue weighted by atomic mass is 10.2. The summed E-state index contributed by atoms with van der Waals surface area (Å²) in [6.45, 7) is 2.90. The van der Waals surface area contributed by atoms with Crippen LogP contribution >= 0.6 is 12.4 Å². The molecule has 6 heteroatoms. The summed E-state index contributed by atoms with van der Waals surface area (Å²) in [5.41, 5.74) is 6.82. The molecule has 1 aromatic rings. The molecule has 0 atom stereocenters. The average Bonchev–Trinajstić information content (AvgIpc) is 2.32. The molecule has 0 aliphatic carbocycles. The third kappa shape index (κ3) is 5.25. The van der Waals surface area contributed by atoms with Crippen molar-refractivity contribution in [3.8, 4) is 5.75 Å². The number of rotatable bonds is 6. The number of hydrogen-bond donors (Lipinski definition) is 2. The molecule has 0 aliphatic rings. The lowest BCUT2D eigenvalue weighted by molar-refractivity contribution is -0.117. The molecule has 0 aliphatic heterocycles. The molecule has 0 bridgehead atoms. The van der Waals surface area contributed by atoms with Crippen molar-refractivity contribution in [1.82, 2.24) is 0 Å². The van der Waals surface area contributed by atoms with Gasteiger partial charge in [0.15, 0.2) is 0 Å². The predicted molar refractivity (Wildman–Crippen MR) is 74.4 cm³/mol. The molecule has 0 saturated carbocycles. The molecule has 0 aromatic heterocycles. The van der Waals surface area contributed by atoms with Crippen molar-refractivity contribution >= 4 is 29.7 Å². The number of hydrogen-bond acceptors (Lipinski definition) is 4. The van der Waals surface area contributed by atoms with E-state index in [0.29, 0.717) is 36.8 Å². The first kappa shape index (κ1) is 16.5. The minimum absolute atomic E-state index is 0. The van der Waals surface area contributed by atoms with Gasteiger partial charge in [0.25, 0.3) is 0 Å². The Bertz CT molecular complexity index is 386. The summed E-state index contributed by atoms with van der Waals surface area (Å²) in [5, 5.41) is 2.72. The van der Waals surface area contributed by atoms with Crippen molar-refractivity contribution in [2.24, 2.45) is 0 Å². The van der Waals surface area contributed by atoms with Gasteiger partial charge < -0.3 is 20.5 Å². The van der Waals surface area contributed by atoms with Gasteiger partial charge in [0.05, 0.1) is 31.5 Å². The number of amides is 1. The Labute approximate surface area is 113 Å². The second kappa shape index (κ2) is 8.60. The molecule has 102 valence electrons. The number of carbonyl (C=O) groups excluding carboxylic acids is 1. The van der Waals surface area contributed by atoms with Gasteiger partial charge in [0.2, 0.25) is 5.91 Å². The van der Waals surface area contributed by atoms with Gasteiger partial charge in [0, 0.05) is 12.7 Å². The maximum Gasteiger partial charge on any atom is 0.226 e. The summed E-state index contributed by atoms with van der Waals surface area (Å²) < 4.78 is 10.2. The number of halogens is 1. The maximum absolute atomic E-state index is 11.6. The molecular weight excluding hydrogens is 256 g/mol. The molecule has 0 spiro atoms. The summed E-state index contributed by atoms with van der Waals surface area (Å²) in [7, 11) is 1.56. The zero-order valence-electron chi connectivity index (χ0n) is 10.6. The van der Waals surface area contributed by atoms with Crippen LogP contribution in [0.3, 0.4) is 0 Å². The van der Waals surface area contributed by atoms with E-state index in [-0.39, 0.29) is 18.3 Å². The zero-order chi connectivity index (χ0) is 12.7. The second-order valence-electron chi connectivity index (χ2n) is 3.45. The number of nitrogens with two attached hydrogens (primary N) is 1. The Morgan fingerprint density at radius 3 is 2.78 bits per heavy atom. The molecule has 0 heterocycles. The van der Waals surface area contributed by atoms with Crippen LogP contribution in [-0.2, 0) is 9.53 Å². The van der Waals surface area contributed by atoms with Gasteiger partial charge in [0.1, 0.15) is 5.75 Å². The SMILES string of the molecule is CCOCCC(=O)Nc1cc(OC)ccc1N.Cl. The van der Waals surface area contributed by atoms with Crippen LogP contribution in [0.1, 0.15) is 13.3 Å². The third-order valence-electron chi connectivity index (χ3n) is 2.21. The van der Waals surface area contributed by atoms with Crippen molar-refractivity contribution in [1.29, 1.82) is 0 Å². The topological polar surface area (TPSA) is 73.6 Å². The fourth-order valence-electron chi connectivity index (χ4n) is 1.29. The van der Waals surface area contributed by atoms with E-state index in [9.17, 15) is 4.79 Å². The molecule has 0 unspecified atom stereocenters. The fraction of sp³-hybridized carbons (Fsp3) is 0.417. The first-order chi connectivity index (χ1) is 8.17. The highest BCUT2D eigenvalue weighted by molar-refractivity contribution is 5.94. The first-order valence-electron chi connectivity index (χ1n) is 5.48. The lowest BCUT2D eigenvalue weighted by Gasteiger charge is -2.09. The van der Waals surface area contributed by atoms with Gasteiger partial charge in [-0.3, -0.25) is 4.79 Å². The van der Waals surface area contributed by atoms with E-state index in [0.717, 1.165) is 0 Å². The normalized spacial score (nSPS) is 9.44. The Morgan fingerprint density at radius 2 is 2.17 bits per heavy atom. The fourth-order valence-corrected chi connectivity index (χ4v) is 1.29. The van der Waals surface area contributed by atoms with Crippen LogP contribution in [0.4, 0.5) is 11.4 Å². The average molecular weight is 275 g/mol. The molecular formula is C12H19ClN2O3. The molecule has 0 saturated heterocycles. The minimum atomic E-state index is -0.126. The second-order valence-corrected chi connectivity index (χ2v) is 3.45. The van der Waals surface area contributed by atoms with Crippen LogP contribution in [0.2, 0.25) is 0 Å². The van der Waals surface area contributed by atoms with Gasteiger partial charge in [-0.1, -0.05) is 0 Å². The zero-order valence-corrected chi connectivity index (χ0v) is 11.4. The summed E-state index contributed by atoms with van der Waals surface area (Å²) in [5.74, 6) is 0.526. The molecule has 0 fully saturated rings. The number of benzene rings is 1. The van der Waals surface area contributed by atoms with Gasteiger partial charge in [-0.15, -0.1) is 12.4 Å². The standard InChI is InChI=1S/C12H18N2O3.ClH/c1-3-17-7-6-12(15)14-11-8-9(16-2)4-5-10(11)13;/h4-5,8H,3,6-7,13H2,1-2H3,(H,14,15);1H. The van der Waals surface area contributed by atoms with Crippen LogP contribution in [0.15, 0.2) is 18.2 Å². The summed E-state index contributed by atoms with van der Waals surface area (Å²) in [6, 6.07) is 5.12. The van der Waals surface area contributed by atoms with E-state index >= 15 is 0 Å². The van der Waals surface area contributed by atoms with E-state index in [1.165, 1.54) is 0 Å². The predicted octanol–water partition coefficient (Wildman–Crippen LogP) is 2.06. The monoisotopic (exact) mass is 274 g/mol. The van der Waals surface area contributed by atoms with E-state index in [2.05, 4.69) is 5.32 Å². The van der Waals surface area contributed by atoms with Crippen LogP contribution in [0.25, 0.3) is 0 Å². The van der Waals surface area contributed by atoms with Crippen LogP contribution in [-0.4, -0.2) is 26.2 Å². The van der Waals surface area contributed by atoms with Crippen molar-refractivity contribution in [2.75, 3.05) is 31.4 Å². The summed E-state index contributed by atoms with van der Waals surface area (Å²) in [6.07, 6.45) is 0.310. The minimum Gasteiger partial charge on any atom is -0.497 e. The Hall–Kier alpha value is -1.46. The lowest BCUT2D eigenvalue weighted by Crippen LogP contribution is -2.15. The number of nitrogen functional groups attached to an aromatic ring is 1. The van der Waals surface area contributed by atoms with Crippen molar-refractivity contribution in [2.45, 2.75) is 13.3 Å². The van der Waals surface area contributed by atoms with Gasteiger partial charge in [-0.05, 0) is 19.1 Å². The molecule has 1 aromatic carbocycles. The van der Waals surface area contributed by atoms with E-state index in [1.54, 1.807) is 25.3 Å².